The van der Waals surface area contributed by atoms with E-state index in [2.05, 4.69) is 5.32 Å². The van der Waals surface area contributed by atoms with Crippen LogP contribution >= 0.6 is 0 Å². The first kappa shape index (κ1) is 14.7. The topological polar surface area (TPSA) is 66.4 Å². The maximum absolute atomic E-state index is 13.2. The van der Waals surface area contributed by atoms with Gasteiger partial charge in [-0.05, 0) is 36.2 Å². The van der Waals surface area contributed by atoms with E-state index in [1.807, 2.05) is 0 Å². The number of aryl methyl sites for hydroxylation is 1. The highest BCUT2D eigenvalue weighted by molar-refractivity contribution is 5.97. The van der Waals surface area contributed by atoms with Crippen molar-refractivity contribution < 1.29 is 19.1 Å². The van der Waals surface area contributed by atoms with E-state index in [-0.39, 0.29) is 5.56 Å². The Morgan fingerprint density at radius 3 is 2.38 bits per heavy atom. The number of amides is 1. The summed E-state index contributed by atoms with van der Waals surface area (Å²) in [4.78, 5) is 23.4. The number of rotatable bonds is 4. The van der Waals surface area contributed by atoms with Gasteiger partial charge in [0.25, 0.3) is 5.91 Å². The molecule has 2 N–H and O–H groups in total. The number of carbonyl (C=O) groups excluding carboxylic acids is 1. The second kappa shape index (κ2) is 6.17. The predicted molar refractivity (Wildman–Crippen MR) is 75.4 cm³/mol. The number of aliphatic carboxylic acids is 1. The minimum absolute atomic E-state index is 0.219. The Kier molecular flexibility index (Phi) is 4.33. The van der Waals surface area contributed by atoms with E-state index in [1.165, 1.54) is 25.1 Å². The van der Waals surface area contributed by atoms with E-state index in [1.54, 1.807) is 30.3 Å². The van der Waals surface area contributed by atoms with Crippen molar-refractivity contribution in [3.63, 3.8) is 0 Å². The lowest BCUT2D eigenvalue weighted by molar-refractivity contribution is -0.139. The number of carboxylic acid groups (broad SMARTS) is 1. The summed E-state index contributed by atoms with van der Waals surface area (Å²) in [6.07, 6.45) is 0. The molecule has 0 aliphatic carbocycles. The van der Waals surface area contributed by atoms with Gasteiger partial charge in [0, 0.05) is 5.56 Å². The van der Waals surface area contributed by atoms with Crippen LogP contribution in [0, 0.1) is 12.7 Å². The van der Waals surface area contributed by atoms with Crippen LogP contribution in [0.4, 0.5) is 4.39 Å². The Morgan fingerprint density at radius 1 is 1.14 bits per heavy atom. The highest BCUT2D eigenvalue weighted by Crippen LogP contribution is 2.15. The van der Waals surface area contributed by atoms with Gasteiger partial charge in [-0.2, -0.15) is 0 Å². The first-order valence-electron chi connectivity index (χ1n) is 6.34. The van der Waals surface area contributed by atoms with Gasteiger partial charge in [-0.3, -0.25) is 4.79 Å². The molecule has 0 aromatic heterocycles. The summed E-state index contributed by atoms with van der Waals surface area (Å²) in [6, 6.07) is 11.1. The monoisotopic (exact) mass is 287 g/mol. The van der Waals surface area contributed by atoms with Gasteiger partial charge in [0.15, 0.2) is 6.04 Å². The lowest BCUT2D eigenvalue weighted by Gasteiger charge is -2.15. The van der Waals surface area contributed by atoms with Crippen molar-refractivity contribution in [2.24, 2.45) is 0 Å². The molecule has 0 saturated carbocycles. The fourth-order valence-corrected chi connectivity index (χ4v) is 1.93. The summed E-state index contributed by atoms with van der Waals surface area (Å²) in [7, 11) is 0. The molecule has 1 atom stereocenters. The van der Waals surface area contributed by atoms with Crippen LogP contribution < -0.4 is 5.32 Å². The molecular formula is C16H14FNO3. The van der Waals surface area contributed by atoms with E-state index >= 15 is 0 Å². The zero-order valence-corrected chi connectivity index (χ0v) is 11.3. The fraction of sp³-hybridized carbons (Fsp3) is 0.125. The van der Waals surface area contributed by atoms with Crippen LogP contribution in [0.3, 0.4) is 0 Å². The molecule has 21 heavy (non-hydrogen) atoms. The molecule has 2 rings (SSSR count). The number of carbonyl (C=O) groups is 2. The minimum Gasteiger partial charge on any atom is -0.479 e. The quantitative estimate of drug-likeness (QED) is 0.908. The van der Waals surface area contributed by atoms with Gasteiger partial charge in [0.1, 0.15) is 5.82 Å². The van der Waals surface area contributed by atoms with Gasteiger partial charge < -0.3 is 10.4 Å². The highest BCUT2D eigenvalue weighted by atomic mass is 19.1. The highest BCUT2D eigenvalue weighted by Gasteiger charge is 2.22. The predicted octanol–water partition coefficient (Wildman–Crippen LogP) is 2.69. The van der Waals surface area contributed by atoms with Crippen LogP contribution in [0.5, 0.6) is 0 Å². The minimum atomic E-state index is -1.16. The van der Waals surface area contributed by atoms with Gasteiger partial charge >= 0.3 is 5.97 Å². The summed E-state index contributed by atoms with van der Waals surface area (Å²) >= 11 is 0. The lowest BCUT2D eigenvalue weighted by atomic mass is 10.1. The number of halogens is 1. The van der Waals surface area contributed by atoms with Gasteiger partial charge in [-0.25, -0.2) is 9.18 Å². The molecule has 4 nitrogen and oxygen atoms in total. The first-order valence-corrected chi connectivity index (χ1v) is 6.34. The molecule has 0 bridgehead atoms. The number of hydrogen-bond donors (Lipinski definition) is 2. The Labute approximate surface area is 121 Å². The Hall–Kier alpha value is -2.69. The Bertz CT molecular complexity index is 670. The van der Waals surface area contributed by atoms with Crippen molar-refractivity contribution in [3.05, 3.63) is 71.0 Å². The zero-order valence-electron chi connectivity index (χ0n) is 11.3. The molecule has 1 unspecified atom stereocenters. The van der Waals surface area contributed by atoms with Crippen molar-refractivity contribution >= 4 is 11.9 Å². The van der Waals surface area contributed by atoms with E-state index in [0.29, 0.717) is 11.1 Å². The number of carboxylic acids is 1. The molecule has 0 fully saturated rings. The molecular weight excluding hydrogens is 273 g/mol. The van der Waals surface area contributed by atoms with Gasteiger partial charge in [-0.15, -0.1) is 0 Å². The van der Waals surface area contributed by atoms with E-state index < -0.39 is 23.7 Å². The maximum atomic E-state index is 13.2. The lowest BCUT2D eigenvalue weighted by Crippen LogP contribution is -2.33. The molecule has 2 aromatic carbocycles. The first-order chi connectivity index (χ1) is 9.99. The number of hydrogen-bond acceptors (Lipinski definition) is 2. The van der Waals surface area contributed by atoms with Gasteiger partial charge in [0.05, 0.1) is 0 Å². The van der Waals surface area contributed by atoms with Crippen molar-refractivity contribution in [1.29, 1.82) is 0 Å². The third-order valence-electron chi connectivity index (χ3n) is 3.08. The third-order valence-corrected chi connectivity index (χ3v) is 3.08. The summed E-state index contributed by atoms with van der Waals surface area (Å²) < 4.78 is 13.2. The molecule has 0 spiro atoms. The summed E-state index contributed by atoms with van der Waals surface area (Å²) in [5, 5.41) is 11.7. The fourth-order valence-electron chi connectivity index (χ4n) is 1.93. The molecule has 108 valence electrons. The molecule has 0 aliphatic rings. The summed E-state index contributed by atoms with van der Waals surface area (Å²) in [5.41, 5.74) is 1.02. The van der Waals surface area contributed by atoms with Crippen molar-refractivity contribution in [1.82, 2.24) is 5.32 Å². The Balaban J connectivity index is 2.23. The average molecular weight is 287 g/mol. The van der Waals surface area contributed by atoms with E-state index in [9.17, 15) is 19.1 Å². The van der Waals surface area contributed by atoms with Crippen LogP contribution in [0.25, 0.3) is 0 Å². The van der Waals surface area contributed by atoms with Gasteiger partial charge in [0.2, 0.25) is 0 Å². The zero-order chi connectivity index (χ0) is 15.4. The molecule has 0 saturated heterocycles. The van der Waals surface area contributed by atoms with E-state index in [0.717, 1.165) is 0 Å². The molecule has 0 heterocycles. The Morgan fingerprint density at radius 2 is 1.81 bits per heavy atom. The van der Waals surface area contributed by atoms with Gasteiger partial charge in [-0.1, -0.05) is 30.3 Å². The molecule has 2 aromatic rings. The van der Waals surface area contributed by atoms with Crippen LogP contribution in [-0.2, 0) is 4.79 Å². The molecule has 0 aliphatic heterocycles. The van der Waals surface area contributed by atoms with Crippen LogP contribution in [0.1, 0.15) is 27.5 Å². The average Bonchev–Trinajstić information content (AvgIpc) is 2.48. The van der Waals surface area contributed by atoms with Crippen molar-refractivity contribution in [3.8, 4) is 0 Å². The molecule has 1 amide bonds. The smallest absolute Gasteiger partial charge is 0.330 e. The summed E-state index contributed by atoms with van der Waals surface area (Å²) in [6.45, 7) is 1.54. The van der Waals surface area contributed by atoms with Crippen LogP contribution in [0.15, 0.2) is 48.5 Å². The largest absolute Gasteiger partial charge is 0.479 e. The number of benzene rings is 2. The van der Waals surface area contributed by atoms with Crippen LogP contribution in [-0.4, -0.2) is 17.0 Å². The van der Waals surface area contributed by atoms with E-state index in [4.69, 9.17) is 0 Å². The normalized spacial score (nSPS) is 11.7. The molecule has 5 heteroatoms. The van der Waals surface area contributed by atoms with Crippen LogP contribution in [0.2, 0.25) is 0 Å². The second-order valence-electron chi connectivity index (χ2n) is 4.62. The maximum Gasteiger partial charge on any atom is 0.330 e. The standard InChI is InChI=1S/C16H14FNO3/c1-10-9-12(7-8-13(10)17)15(19)18-14(16(20)21)11-5-3-2-4-6-11/h2-9,14H,1H3,(H,18,19)(H,20,21). The third kappa shape index (κ3) is 3.45. The second-order valence-corrected chi connectivity index (χ2v) is 4.62. The number of nitrogens with one attached hydrogen (secondary N) is 1. The van der Waals surface area contributed by atoms with Crippen molar-refractivity contribution in [2.75, 3.05) is 0 Å². The van der Waals surface area contributed by atoms with Crippen molar-refractivity contribution in [2.45, 2.75) is 13.0 Å². The SMILES string of the molecule is Cc1cc(C(=O)NC(C(=O)O)c2ccccc2)ccc1F. The summed E-state index contributed by atoms with van der Waals surface area (Å²) in [5.74, 6) is -2.13. The molecule has 0 radical (unpaired) electrons.